The number of hydrogen-bond donors (Lipinski definition) is 0. The molecule has 0 aromatic heterocycles. The molecular weight excluding hydrogens is 386 g/mol. The number of carbonyl (C=O) groups is 2. The van der Waals surface area contributed by atoms with Crippen LogP contribution in [0.4, 0.5) is 0 Å². The molecule has 0 bridgehead atoms. The van der Waals surface area contributed by atoms with Crippen molar-refractivity contribution >= 4 is 11.9 Å². The van der Waals surface area contributed by atoms with E-state index < -0.39 is 17.8 Å². The Bertz CT molecular complexity index is 798. The van der Waals surface area contributed by atoms with E-state index in [-0.39, 0.29) is 24.5 Å². The van der Waals surface area contributed by atoms with Gasteiger partial charge >= 0.3 is 5.97 Å². The Hall–Kier alpha value is -2.38. The molecule has 1 fully saturated rings. The van der Waals surface area contributed by atoms with Gasteiger partial charge in [0, 0.05) is 12.5 Å². The van der Waals surface area contributed by atoms with E-state index in [1.54, 1.807) is 0 Å². The van der Waals surface area contributed by atoms with Gasteiger partial charge in [0.05, 0.1) is 26.4 Å². The topological polar surface area (TPSA) is 74.3 Å². The quantitative estimate of drug-likeness (QED) is 0.605. The Morgan fingerprint density at radius 3 is 2.53 bits per heavy atom. The van der Waals surface area contributed by atoms with Crippen molar-refractivity contribution < 1.29 is 28.5 Å². The number of methoxy groups -OCH3 is 1. The van der Waals surface area contributed by atoms with Crippen molar-refractivity contribution in [3.8, 4) is 5.75 Å². The van der Waals surface area contributed by atoms with E-state index in [2.05, 4.69) is 0 Å². The van der Waals surface area contributed by atoms with Gasteiger partial charge in [-0.3, -0.25) is 4.79 Å². The highest BCUT2D eigenvalue weighted by Gasteiger charge is 2.35. The molecule has 1 aromatic carbocycles. The normalized spacial score (nSPS) is 21.7. The summed E-state index contributed by atoms with van der Waals surface area (Å²) in [6.07, 6.45) is 2.77. The van der Waals surface area contributed by atoms with Crippen molar-refractivity contribution in [3.05, 3.63) is 41.7 Å². The van der Waals surface area contributed by atoms with E-state index in [1.165, 1.54) is 18.1 Å². The van der Waals surface area contributed by atoms with E-state index in [9.17, 15) is 9.59 Å². The van der Waals surface area contributed by atoms with Crippen LogP contribution >= 0.6 is 0 Å². The summed E-state index contributed by atoms with van der Waals surface area (Å²) in [6.45, 7) is 8.66. The number of rotatable bonds is 8. The van der Waals surface area contributed by atoms with E-state index in [1.807, 2.05) is 52.0 Å². The Morgan fingerprint density at radius 2 is 1.97 bits per heavy atom. The molecule has 1 saturated heterocycles. The van der Waals surface area contributed by atoms with Crippen molar-refractivity contribution in [3.63, 3.8) is 0 Å². The monoisotopic (exact) mass is 417 g/mol. The van der Waals surface area contributed by atoms with E-state index in [4.69, 9.17) is 18.9 Å². The lowest BCUT2D eigenvalue weighted by Gasteiger charge is -2.27. The second kappa shape index (κ2) is 9.18. The summed E-state index contributed by atoms with van der Waals surface area (Å²) < 4.78 is 22.2. The predicted octanol–water partition coefficient (Wildman–Crippen LogP) is 3.07. The SMILES string of the molecule is COC(=O)[C@H](CC(C)C)N1CC(Oc2ccc(C[C@H]3COC(C)(C)O3)cc2)=CC1=O. The molecule has 0 N–H and O–H groups in total. The van der Waals surface area contributed by atoms with Crippen molar-refractivity contribution in [2.24, 2.45) is 5.92 Å². The summed E-state index contributed by atoms with van der Waals surface area (Å²) in [5, 5.41) is 0. The fourth-order valence-corrected chi connectivity index (χ4v) is 3.74. The van der Waals surface area contributed by atoms with Crippen LogP contribution in [0.3, 0.4) is 0 Å². The van der Waals surface area contributed by atoms with Crippen molar-refractivity contribution in [2.45, 2.75) is 58.5 Å². The van der Waals surface area contributed by atoms with E-state index in [0.717, 1.165) is 12.0 Å². The van der Waals surface area contributed by atoms with Crippen molar-refractivity contribution in [1.29, 1.82) is 0 Å². The van der Waals surface area contributed by atoms with E-state index >= 15 is 0 Å². The molecule has 1 aromatic rings. The third-order valence-corrected chi connectivity index (χ3v) is 5.14. The van der Waals surface area contributed by atoms with Crippen LogP contribution in [-0.4, -0.2) is 55.0 Å². The maximum atomic E-state index is 12.5. The molecule has 0 radical (unpaired) electrons. The Labute approximate surface area is 177 Å². The largest absolute Gasteiger partial charge is 0.467 e. The molecule has 0 unspecified atom stereocenters. The number of nitrogens with zero attached hydrogens (tertiary/aromatic N) is 1. The molecule has 2 heterocycles. The number of esters is 1. The summed E-state index contributed by atoms with van der Waals surface area (Å²) in [5.74, 6) is 0.232. The molecule has 7 nitrogen and oxygen atoms in total. The average molecular weight is 418 g/mol. The summed E-state index contributed by atoms with van der Waals surface area (Å²) >= 11 is 0. The van der Waals surface area contributed by atoms with Crippen LogP contribution in [0.1, 0.15) is 39.7 Å². The lowest BCUT2D eigenvalue weighted by Crippen LogP contribution is -2.44. The van der Waals surface area contributed by atoms with Gasteiger partial charge in [-0.2, -0.15) is 0 Å². The standard InChI is InChI=1S/C23H31NO6/c1-15(2)10-20(22(26)27-5)24-13-18(12-21(24)25)29-17-8-6-16(7-9-17)11-19-14-28-23(3,4)30-19/h6-9,12,15,19-20H,10-11,13-14H2,1-5H3/t19-,20-/m0/s1. The van der Waals surface area contributed by atoms with Crippen molar-refractivity contribution in [2.75, 3.05) is 20.3 Å². The Morgan fingerprint density at radius 1 is 1.27 bits per heavy atom. The summed E-state index contributed by atoms with van der Waals surface area (Å²) in [6, 6.07) is 7.09. The molecule has 1 amide bonds. The first-order valence-corrected chi connectivity index (χ1v) is 10.3. The van der Waals surface area contributed by atoms with Gasteiger partial charge in [0.1, 0.15) is 17.6 Å². The first-order valence-electron chi connectivity index (χ1n) is 10.3. The lowest BCUT2D eigenvalue weighted by molar-refractivity contribution is -0.151. The minimum absolute atomic E-state index is 0.0340. The molecule has 2 aliphatic rings. The van der Waals surface area contributed by atoms with Gasteiger partial charge in [0.15, 0.2) is 5.79 Å². The van der Waals surface area contributed by atoms with Crippen LogP contribution in [0.2, 0.25) is 0 Å². The first-order chi connectivity index (χ1) is 14.2. The van der Waals surface area contributed by atoms with Gasteiger partial charge in [-0.1, -0.05) is 26.0 Å². The highest BCUT2D eigenvalue weighted by atomic mass is 16.7. The zero-order chi connectivity index (χ0) is 21.9. The molecule has 164 valence electrons. The fourth-order valence-electron chi connectivity index (χ4n) is 3.74. The van der Waals surface area contributed by atoms with Gasteiger partial charge in [-0.25, -0.2) is 4.79 Å². The van der Waals surface area contributed by atoms with Gasteiger partial charge in [-0.05, 0) is 43.9 Å². The second-order valence-electron chi connectivity index (χ2n) is 8.65. The number of amides is 1. The maximum Gasteiger partial charge on any atom is 0.328 e. The molecule has 7 heteroatoms. The third kappa shape index (κ3) is 5.61. The van der Waals surface area contributed by atoms with Crippen molar-refractivity contribution in [1.82, 2.24) is 4.90 Å². The van der Waals surface area contributed by atoms with Crippen LogP contribution in [0.5, 0.6) is 5.75 Å². The van der Waals surface area contributed by atoms with Crippen LogP contribution in [0, 0.1) is 5.92 Å². The van der Waals surface area contributed by atoms with Crippen LogP contribution in [0.15, 0.2) is 36.1 Å². The number of carbonyl (C=O) groups excluding carboxylic acids is 2. The molecule has 2 atom stereocenters. The highest BCUT2D eigenvalue weighted by molar-refractivity contribution is 5.94. The molecular formula is C23H31NO6. The van der Waals surface area contributed by atoms with Gasteiger partial charge in [0.2, 0.25) is 0 Å². The molecule has 0 aliphatic carbocycles. The minimum Gasteiger partial charge on any atom is -0.467 e. The Balaban J connectivity index is 1.58. The molecule has 0 saturated carbocycles. The fraction of sp³-hybridized carbons (Fsp3) is 0.565. The number of benzene rings is 1. The highest BCUT2D eigenvalue weighted by Crippen LogP contribution is 2.26. The summed E-state index contributed by atoms with van der Waals surface area (Å²) in [5.41, 5.74) is 1.12. The smallest absolute Gasteiger partial charge is 0.328 e. The second-order valence-corrected chi connectivity index (χ2v) is 8.65. The van der Waals surface area contributed by atoms with Crippen LogP contribution in [0.25, 0.3) is 0 Å². The van der Waals surface area contributed by atoms with Crippen LogP contribution in [-0.2, 0) is 30.2 Å². The van der Waals surface area contributed by atoms with Crippen LogP contribution < -0.4 is 4.74 Å². The molecule has 0 spiro atoms. The molecule has 2 aliphatic heterocycles. The molecule has 30 heavy (non-hydrogen) atoms. The summed E-state index contributed by atoms with van der Waals surface area (Å²) in [7, 11) is 1.34. The van der Waals surface area contributed by atoms with Gasteiger partial charge in [-0.15, -0.1) is 0 Å². The minimum atomic E-state index is -0.611. The zero-order valence-corrected chi connectivity index (χ0v) is 18.3. The summed E-state index contributed by atoms with van der Waals surface area (Å²) in [4.78, 5) is 26.1. The van der Waals surface area contributed by atoms with Gasteiger partial charge < -0.3 is 23.8 Å². The average Bonchev–Trinajstić information content (AvgIpc) is 3.21. The maximum absolute atomic E-state index is 12.5. The predicted molar refractivity (Wildman–Crippen MR) is 111 cm³/mol. The van der Waals surface area contributed by atoms with Gasteiger partial charge in [0.25, 0.3) is 5.91 Å². The third-order valence-electron chi connectivity index (χ3n) is 5.14. The van der Waals surface area contributed by atoms with E-state index in [0.29, 0.717) is 24.5 Å². The molecule has 3 rings (SSSR count). The first kappa shape index (κ1) is 22.3. The Kier molecular flexibility index (Phi) is 6.83. The zero-order valence-electron chi connectivity index (χ0n) is 18.3. The number of ether oxygens (including phenoxy) is 4. The number of hydrogen-bond acceptors (Lipinski definition) is 6. The lowest BCUT2D eigenvalue weighted by atomic mass is 10.0.